The van der Waals surface area contributed by atoms with Crippen molar-refractivity contribution in [2.45, 2.75) is 6.54 Å². The summed E-state index contributed by atoms with van der Waals surface area (Å²) in [6, 6.07) is 16.5. The number of hydrogen-bond donors (Lipinski definition) is 2. The molecule has 3 rings (SSSR count). The number of rotatable bonds is 6. The molecule has 0 unspecified atom stereocenters. The van der Waals surface area contributed by atoms with E-state index in [1.807, 2.05) is 0 Å². The van der Waals surface area contributed by atoms with Gasteiger partial charge in [0.1, 0.15) is 17.4 Å². The Morgan fingerprint density at radius 1 is 1.00 bits per heavy atom. The zero-order chi connectivity index (χ0) is 18.4. The second kappa shape index (κ2) is 8.06. The number of para-hydroxylation sites is 1. The quantitative estimate of drug-likeness (QED) is 0.710. The van der Waals surface area contributed by atoms with E-state index in [4.69, 9.17) is 4.74 Å². The van der Waals surface area contributed by atoms with Crippen molar-refractivity contribution in [3.05, 3.63) is 77.6 Å². The van der Waals surface area contributed by atoms with Gasteiger partial charge in [0.15, 0.2) is 5.82 Å². The largest absolute Gasteiger partial charge is 0.496 e. The van der Waals surface area contributed by atoms with E-state index in [-0.39, 0.29) is 11.7 Å². The first kappa shape index (κ1) is 17.3. The summed E-state index contributed by atoms with van der Waals surface area (Å²) in [6.45, 7) is 0.488. The van der Waals surface area contributed by atoms with Crippen molar-refractivity contribution in [1.29, 1.82) is 0 Å². The van der Waals surface area contributed by atoms with Crippen LogP contribution in [-0.2, 0) is 6.54 Å². The first-order valence-corrected chi connectivity index (χ1v) is 7.92. The second-order valence-corrected chi connectivity index (χ2v) is 5.44. The molecule has 1 aromatic heterocycles. The van der Waals surface area contributed by atoms with Gasteiger partial charge in [0.05, 0.1) is 12.7 Å². The van der Waals surface area contributed by atoms with Crippen LogP contribution in [0.3, 0.4) is 0 Å². The van der Waals surface area contributed by atoms with E-state index in [1.54, 1.807) is 48.5 Å². The van der Waals surface area contributed by atoms with E-state index in [0.29, 0.717) is 29.5 Å². The predicted octanol–water partition coefficient (Wildman–Crippen LogP) is 3.49. The van der Waals surface area contributed by atoms with Crippen LogP contribution in [0.15, 0.2) is 60.7 Å². The van der Waals surface area contributed by atoms with E-state index in [9.17, 15) is 9.18 Å². The van der Waals surface area contributed by atoms with Crippen molar-refractivity contribution in [2.24, 2.45) is 0 Å². The summed E-state index contributed by atoms with van der Waals surface area (Å²) in [7, 11) is 1.51. The first-order chi connectivity index (χ1) is 12.7. The van der Waals surface area contributed by atoms with Crippen molar-refractivity contribution in [3.63, 3.8) is 0 Å². The lowest BCUT2D eigenvalue weighted by Crippen LogP contribution is -2.14. The average molecular weight is 352 g/mol. The molecule has 0 aliphatic carbocycles. The molecule has 0 saturated heterocycles. The van der Waals surface area contributed by atoms with Crippen LogP contribution in [-0.4, -0.2) is 23.2 Å². The Balaban J connectivity index is 1.60. The summed E-state index contributed by atoms with van der Waals surface area (Å²) < 4.78 is 18.1. The number of aromatic nitrogens is 2. The number of benzene rings is 2. The molecule has 0 spiro atoms. The van der Waals surface area contributed by atoms with Gasteiger partial charge in [-0.25, -0.2) is 4.39 Å². The maximum atomic E-state index is 12.9. The number of amides is 1. The van der Waals surface area contributed by atoms with Crippen LogP contribution in [0, 0.1) is 5.82 Å². The van der Waals surface area contributed by atoms with Gasteiger partial charge >= 0.3 is 0 Å². The minimum atomic E-state index is -0.330. The van der Waals surface area contributed by atoms with Gasteiger partial charge in [-0.3, -0.25) is 4.79 Å². The van der Waals surface area contributed by atoms with Gasteiger partial charge in [-0.2, -0.15) is 0 Å². The standard InChI is InChI=1S/C19H17FN4O2/c1-26-16-5-3-2-4-15(16)19(25)22-18-11-10-17(23-24-18)21-12-13-6-8-14(20)9-7-13/h2-11H,12H2,1H3,(H,21,23)(H,22,24,25). The number of hydrogen-bond acceptors (Lipinski definition) is 5. The van der Waals surface area contributed by atoms with Gasteiger partial charge in [0.2, 0.25) is 0 Å². The molecule has 0 bridgehead atoms. The smallest absolute Gasteiger partial charge is 0.260 e. The fraction of sp³-hybridized carbons (Fsp3) is 0.105. The van der Waals surface area contributed by atoms with Gasteiger partial charge in [0.25, 0.3) is 5.91 Å². The highest BCUT2D eigenvalue weighted by Gasteiger charge is 2.12. The van der Waals surface area contributed by atoms with Crippen LogP contribution < -0.4 is 15.4 Å². The van der Waals surface area contributed by atoms with E-state index in [2.05, 4.69) is 20.8 Å². The molecule has 1 heterocycles. The third kappa shape index (κ3) is 4.32. The van der Waals surface area contributed by atoms with Crippen molar-refractivity contribution in [2.75, 3.05) is 17.7 Å². The highest BCUT2D eigenvalue weighted by Crippen LogP contribution is 2.18. The number of ether oxygens (including phenoxy) is 1. The zero-order valence-electron chi connectivity index (χ0n) is 14.1. The normalized spacial score (nSPS) is 10.2. The van der Waals surface area contributed by atoms with Crippen molar-refractivity contribution in [3.8, 4) is 5.75 Å². The number of carbonyl (C=O) groups excluding carboxylic acids is 1. The molecule has 1 amide bonds. The van der Waals surface area contributed by atoms with Gasteiger partial charge in [0, 0.05) is 6.54 Å². The topological polar surface area (TPSA) is 76.1 Å². The molecule has 0 saturated carbocycles. The summed E-state index contributed by atoms with van der Waals surface area (Å²) in [5.41, 5.74) is 1.33. The number of carbonyl (C=O) groups is 1. The Morgan fingerprint density at radius 2 is 1.69 bits per heavy atom. The molecular formula is C19H17FN4O2. The summed E-state index contributed by atoms with van der Waals surface area (Å²) in [5.74, 6) is 0.751. The minimum absolute atomic E-state index is 0.274. The van der Waals surface area contributed by atoms with Gasteiger partial charge in [-0.1, -0.05) is 24.3 Å². The molecule has 2 aromatic carbocycles. The lowest BCUT2D eigenvalue weighted by atomic mass is 10.2. The molecule has 3 aromatic rings. The van der Waals surface area contributed by atoms with E-state index < -0.39 is 0 Å². The molecule has 0 aliphatic rings. The zero-order valence-corrected chi connectivity index (χ0v) is 14.1. The number of methoxy groups -OCH3 is 1. The molecule has 0 fully saturated rings. The number of nitrogens with one attached hydrogen (secondary N) is 2. The SMILES string of the molecule is COc1ccccc1C(=O)Nc1ccc(NCc2ccc(F)cc2)nn1. The van der Waals surface area contributed by atoms with E-state index in [1.165, 1.54) is 19.2 Å². The molecule has 26 heavy (non-hydrogen) atoms. The summed E-state index contributed by atoms with van der Waals surface area (Å²) >= 11 is 0. The van der Waals surface area contributed by atoms with Crippen LogP contribution in [0.4, 0.5) is 16.0 Å². The third-order valence-electron chi connectivity index (χ3n) is 3.64. The molecule has 132 valence electrons. The highest BCUT2D eigenvalue weighted by molar-refractivity contribution is 6.05. The fourth-order valence-corrected chi connectivity index (χ4v) is 2.30. The summed E-state index contributed by atoms with van der Waals surface area (Å²) in [4.78, 5) is 12.3. The predicted molar refractivity (Wildman–Crippen MR) is 96.7 cm³/mol. The Bertz CT molecular complexity index is 883. The first-order valence-electron chi connectivity index (χ1n) is 7.92. The molecule has 0 aliphatic heterocycles. The van der Waals surface area contributed by atoms with Crippen molar-refractivity contribution >= 4 is 17.5 Å². The molecular weight excluding hydrogens is 335 g/mol. The second-order valence-electron chi connectivity index (χ2n) is 5.44. The Kier molecular flexibility index (Phi) is 5.38. The molecule has 2 N–H and O–H groups in total. The molecule has 0 atom stereocenters. The van der Waals surface area contributed by atoms with Crippen LogP contribution in [0.25, 0.3) is 0 Å². The van der Waals surface area contributed by atoms with Crippen LogP contribution >= 0.6 is 0 Å². The highest BCUT2D eigenvalue weighted by atomic mass is 19.1. The van der Waals surface area contributed by atoms with Crippen molar-refractivity contribution in [1.82, 2.24) is 10.2 Å². The minimum Gasteiger partial charge on any atom is -0.496 e. The maximum Gasteiger partial charge on any atom is 0.260 e. The van der Waals surface area contributed by atoms with Gasteiger partial charge in [-0.05, 0) is 42.0 Å². The molecule has 0 radical (unpaired) electrons. The fourth-order valence-electron chi connectivity index (χ4n) is 2.30. The van der Waals surface area contributed by atoms with Crippen LogP contribution in [0.1, 0.15) is 15.9 Å². The third-order valence-corrected chi connectivity index (χ3v) is 3.64. The van der Waals surface area contributed by atoms with Crippen LogP contribution in [0.2, 0.25) is 0 Å². The summed E-state index contributed by atoms with van der Waals surface area (Å²) in [5, 5.41) is 13.8. The number of halogens is 1. The van der Waals surface area contributed by atoms with Crippen LogP contribution in [0.5, 0.6) is 5.75 Å². The monoisotopic (exact) mass is 352 g/mol. The van der Waals surface area contributed by atoms with Gasteiger partial charge in [-0.15, -0.1) is 10.2 Å². The molecule has 7 heteroatoms. The van der Waals surface area contributed by atoms with Crippen molar-refractivity contribution < 1.29 is 13.9 Å². The summed E-state index contributed by atoms with van der Waals surface area (Å²) in [6.07, 6.45) is 0. The van der Waals surface area contributed by atoms with E-state index >= 15 is 0 Å². The Hall–Kier alpha value is -3.48. The maximum absolute atomic E-state index is 12.9. The lowest BCUT2D eigenvalue weighted by molar-refractivity contribution is 0.102. The lowest BCUT2D eigenvalue weighted by Gasteiger charge is -2.09. The average Bonchev–Trinajstić information content (AvgIpc) is 2.68. The number of nitrogens with zero attached hydrogens (tertiary/aromatic N) is 2. The Morgan fingerprint density at radius 3 is 2.38 bits per heavy atom. The molecule has 6 nitrogen and oxygen atoms in total. The Labute approximate surface area is 150 Å². The van der Waals surface area contributed by atoms with Gasteiger partial charge < -0.3 is 15.4 Å². The number of anilines is 2. The van der Waals surface area contributed by atoms with E-state index in [0.717, 1.165) is 5.56 Å².